The number of hydrogen-bond acceptors (Lipinski definition) is 18. The molecule has 3 N–H and O–H groups in total. The van der Waals surface area contributed by atoms with Gasteiger partial charge >= 0.3 is 0 Å². The molecule has 3 aromatic carbocycles. The normalized spacial score (nSPS) is 21.3. The summed E-state index contributed by atoms with van der Waals surface area (Å²) >= 11 is 21.4. The van der Waals surface area contributed by atoms with Crippen molar-refractivity contribution in [2.75, 3.05) is 55.2 Å². The lowest BCUT2D eigenvalue weighted by molar-refractivity contribution is 0.211. The van der Waals surface area contributed by atoms with Gasteiger partial charge in [-0.05, 0) is 110 Å². The van der Waals surface area contributed by atoms with E-state index < -0.39 is 120 Å². The first kappa shape index (κ1) is 36.6. The quantitative estimate of drug-likeness (QED) is 0.104. The Morgan fingerprint density at radius 1 is 0.519 bits per heavy atom. The summed E-state index contributed by atoms with van der Waals surface area (Å²) in [4.78, 5) is 30.4. The molecule has 9 aromatic rings. The van der Waals surface area contributed by atoms with Crippen LogP contribution in [0.1, 0.15) is 96.6 Å². The van der Waals surface area contributed by atoms with Crippen molar-refractivity contribution in [3.05, 3.63) is 155 Å². The highest BCUT2D eigenvalue weighted by Crippen LogP contribution is 2.35. The molecule has 81 heavy (non-hydrogen) atoms. The molecule has 3 aliphatic heterocycles. The average Bonchev–Trinajstić information content (AvgIpc) is 1.50. The van der Waals surface area contributed by atoms with Crippen LogP contribution in [-0.4, -0.2) is 102 Å². The highest BCUT2D eigenvalue weighted by Gasteiger charge is 2.24. The van der Waals surface area contributed by atoms with Gasteiger partial charge in [-0.2, -0.15) is 15.8 Å². The second-order valence-electron chi connectivity index (χ2n) is 17.6. The highest BCUT2D eigenvalue weighted by atomic mass is 35.5. The van der Waals surface area contributed by atoms with Crippen LogP contribution in [0.25, 0.3) is 30.6 Å². The predicted octanol–water partition coefficient (Wildman–Crippen LogP) is 13.3. The summed E-state index contributed by atoms with van der Waals surface area (Å²) in [6.07, 6.45) is 3.32. The van der Waals surface area contributed by atoms with Gasteiger partial charge in [-0.3, -0.25) is 14.7 Å². The van der Waals surface area contributed by atoms with Crippen LogP contribution in [0, 0.1) is 51.4 Å². The Morgan fingerprint density at radius 3 is 1.25 bits per heavy atom. The number of anilines is 3. The van der Waals surface area contributed by atoms with Crippen molar-refractivity contribution in [2.45, 2.75) is 76.2 Å². The second kappa shape index (κ2) is 26.8. The molecule has 15 nitrogen and oxygen atoms in total. The Kier molecular flexibility index (Phi) is 12.1. The number of rotatable bonds is 12. The fourth-order valence-electron chi connectivity index (χ4n) is 8.34. The maximum absolute atomic E-state index is 14.1. The molecule has 0 aliphatic carbocycles. The van der Waals surface area contributed by atoms with E-state index in [2.05, 4.69) is 29.9 Å². The van der Waals surface area contributed by atoms with Crippen molar-refractivity contribution in [3.63, 3.8) is 0 Å². The summed E-state index contributed by atoms with van der Waals surface area (Å²) in [6, 6.07) is -4.73. The van der Waals surface area contributed by atoms with Crippen molar-refractivity contribution >= 4 is 117 Å². The van der Waals surface area contributed by atoms with E-state index in [0.717, 1.165) is 44.6 Å². The SMILES string of the molecule is [2H]c1c([2H])c(C([2H])N2CCC(N([2H])c3ncnc4sc(Cl)c([2H])c34)CC2)c([2H])c(C#N)c1F.[2H]c1c([2H])c(C([2H])N2CCC([2H])(N([2H])c3ncnc4sc(Cl)c([2H])c34)CC2)c([2H])c(C#N)c1F.[2H]c1nc(N([2H])C2([2H])CCN(C([2H])c3c([2H])c([2H])c(F)c(C#N)c3[2H])CC2)c2c([2H])c(Cl)sc2n1. The first-order chi connectivity index (χ1) is 48.1. The number of halogens is 6. The first-order valence-corrected chi connectivity index (χ1v) is 27.8. The van der Waals surface area contributed by atoms with Gasteiger partial charge in [0.2, 0.25) is 0 Å². The van der Waals surface area contributed by atoms with Gasteiger partial charge in [-0.1, -0.05) is 52.9 Å². The number of thiophene rings is 3. The number of nitrogens with zero attached hydrogens (tertiary/aromatic N) is 12. The fraction of sp³-hybridized carbons (Fsp3) is 0.316. The summed E-state index contributed by atoms with van der Waals surface area (Å²) in [5, 5.41) is 31.3. The standard InChI is InChI=1S/3C19H17ClFN5S/c3*20-17-8-15-18(23-11-24-19(15)27-17)25-14-3-5-26(6-4-14)10-12-1-2-16(21)13(7-12)9-22/h3*1-2,7-8,11,14H,3-6,10H2,(H,23,24,25)/i1D,2D,7D,8D,10D,11D,14D;1D,2D,7D,8D,10D,14D;1D,2D,7D,8D,10D/hD3. The number of piperidine rings is 3. The molecular formula is C57H51Cl3F3N15S3. The minimum atomic E-state index is -1.54. The minimum absolute atomic E-state index is 0.0106. The largest absolute Gasteiger partial charge is 0.367 e. The Balaban J connectivity index is 0.000000165. The van der Waals surface area contributed by atoms with Crippen LogP contribution in [0.4, 0.5) is 30.6 Å². The van der Waals surface area contributed by atoms with E-state index in [1.807, 2.05) is 0 Å². The van der Waals surface area contributed by atoms with Crippen LogP contribution in [0.5, 0.6) is 0 Å². The molecule has 9 heterocycles. The molecule has 3 atom stereocenters. The lowest BCUT2D eigenvalue weighted by Crippen LogP contribution is -2.38. The molecule has 3 unspecified atom stereocenters. The Hall–Kier alpha value is -6.81. The summed E-state index contributed by atoms with van der Waals surface area (Å²) in [5.41, 5.74) is -2.69. The van der Waals surface area contributed by atoms with Crippen LogP contribution in [-0.2, 0) is 19.6 Å². The average molecular weight is 1230 g/mol. The van der Waals surface area contributed by atoms with Gasteiger partial charge in [0.15, 0.2) is 4.24 Å². The van der Waals surface area contributed by atoms with Gasteiger partial charge in [0.25, 0.3) is 0 Å². The second-order valence-corrected chi connectivity index (χ2v) is 22.4. The smallest absolute Gasteiger partial charge is 0.162 e. The van der Waals surface area contributed by atoms with Gasteiger partial charge in [-0.15, -0.1) is 34.0 Å². The third kappa shape index (κ3) is 14.8. The first-order valence-electron chi connectivity index (χ1n) is 34.8. The molecule has 3 fully saturated rings. The zero-order valence-electron chi connectivity index (χ0n) is 62.7. The van der Waals surface area contributed by atoms with Gasteiger partial charge in [0, 0.05) is 81.0 Å². The zero-order chi connectivity index (χ0) is 74.8. The molecule has 0 bridgehead atoms. The topological polar surface area (TPSA) is 195 Å². The van der Waals surface area contributed by atoms with E-state index in [4.69, 9.17) is 79.5 Å². The van der Waals surface area contributed by atoms with E-state index in [0.29, 0.717) is 41.0 Å². The van der Waals surface area contributed by atoms with Crippen LogP contribution < -0.4 is 15.9 Å². The third-order valence-electron chi connectivity index (χ3n) is 12.3. The van der Waals surface area contributed by atoms with E-state index >= 15 is 0 Å². The lowest BCUT2D eigenvalue weighted by atomic mass is 10.0. The molecule has 0 spiro atoms. The molecule has 3 saturated heterocycles. The predicted molar refractivity (Wildman–Crippen MR) is 316 cm³/mol. The number of fused-ring (bicyclic) bond motifs is 3. The van der Waals surface area contributed by atoms with E-state index in [9.17, 15) is 13.2 Å². The highest BCUT2D eigenvalue weighted by molar-refractivity contribution is 7.23. The molecule has 3 aliphatic rings. The number of aromatic nitrogens is 6. The van der Waals surface area contributed by atoms with Gasteiger partial charge in [-0.25, -0.2) is 43.1 Å². The summed E-state index contributed by atoms with van der Waals surface area (Å²) < 4.78 is 216. The molecule has 0 amide bonds. The van der Waals surface area contributed by atoms with Crippen LogP contribution >= 0.6 is 68.8 Å². The molecule has 12 rings (SSSR count). The van der Waals surface area contributed by atoms with E-state index in [-0.39, 0.29) is 145 Å². The van der Waals surface area contributed by atoms with Crippen molar-refractivity contribution in [1.29, 1.82) is 15.8 Å². The van der Waals surface area contributed by atoms with Gasteiger partial charge in [0.05, 0.1) is 65.0 Å². The summed E-state index contributed by atoms with van der Waals surface area (Å²) in [6.45, 7) is -2.79. The zero-order valence-corrected chi connectivity index (χ0v) is 46.4. The van der Waals surface area contributed by atoms with Crippen molar-refractivity contribution < 1.29 is 42.1 Å². The Morgan fingerprint density at radius 2 is 0.864 bits per heavy atom. The maximum atomic E-state index is 14.1. The molecule has 414 valence electrons. The molecule has 24 heteroatoms. The van der Waals surface area contributed by atoms with E-state index in [1.54, 1.807) is 15.9 Å². The lowest BCUT2D eigenvalue weighted by Gasteiger charge is -2.32. The Labute approximate surface area is 522 Å². The van der Waals surface area contributed by atoms with Crippen LogP contribution in [0.2, 0.25) is 17.2 Å². The number of hydrogen-bond donors (Lipinski definition) is 3. The van der Waals surface area contributed by atoms with Crippen molar-refractivity contribution in [1.82, 2.24) is 44.6 Å². The third-order valence-corrected chi connectivity index (χ3v) is 15.6. The number of benzene rings is 3. The molecule has 0 saturated carbocycles. The minimum Gasteiger partial charge on any atom is -0.367 e. The number of likely N-dealkylation sites (tertiary alicyclic amines) is 3. The fourth-order valence-corrected chi connectivity index (χ4v) is 11.3. The summed E-state index contributed by atoms with van der Waals surface area (Å²) in [7, 11) is 0. The van der Waals surface area contributed by atoms with Crippen LogP contribution in [0.3, 0.4) is 0 Å². The maximum Gasteiger partial charge on any atom is 0.162 e. The molecular weight excluding hydrogens is 1150 g/mol. The molecule has 0 radical (unpaired) electrons. The monoisotopic (exact) mass is 1220 g/mol. The summed E-state index contributed by atoms with van der Waals surface area (Å²) in [5.74, 6) is -3.45. The van der Waals surface area contributed by atoms with Crippen molar-refractivity contribution in [2.24, 2.45) is 0 Å². The Bertz CT molecular complexity index is 4930. The van der Waals surface area contributed by atoms with Gasteiger partial charge in [0.1, 0.15) is 87.9 Å². The number of nitriles is 3. The van der Waals surface area contributed by atoms with Crippen molar-refractivity contribution in [3.8, 4) is 18.2 Å². The molecule has 6 aromatic heterocycles. The van der Waals surface area contributed by atoms with Crippen LogP contribution in [0.15, 0.2) is 91.5 Å². The number of nitrogens with one attached hydrogen (secondary N) is 3. The van der Waals surface area contributed by atoms with E-state index in [1.165, 1.54) is 35.0 Å². The van der Waals surface area contributed by atoms with Gasteiger partial charge < -0.3 is 15.9 Å².